The molecule has 0 heterocycles. The molecule has 0 spiro atoms. The van der Waals surface area contributed by atoms with Gasteiger partial charge in [-0.1, -0.05) is 18.2 Å². The number of carbonyl (C=O) groups excluding carboxylic acids is 2. The Morgan fingerprint density at radius 3 is 2.55 bits per heavy atom. The maximum Gasteiger partial charge on any atom is 0.407 e. The van der Waals surface area contributed by atoms with Crippen molar-refractivity contribution in [2.24, 2.45) is 0 Å². The van der Waals surface area contributed by atoms with Crippen molar-refractivity contribution in [3.8, 4) is 5.75 Å². The highest BCUT2D eigenvalue weighted by Gasteiger charge is 2.19. The Morgan fingerprint density at radius 1 is 1.35 bits per heavy atom. The van der Waals surface area contributed by atoms with E-state index in [2.05, 4.69) is 5.32 Å². The van der Waals surface area contributed by atoms with Gasteiger partial charge in [0.15, 0.2) is 0 Å². The molecule has 20 heavy (non-hydrogen) atoms. The third-order valence-corrected chi connectivity index (χ3v) is 2.57. The van der Waals surface area contributed by atoms with Gasteiger partial charge in [-0.15, -0.1) is 0 Å². The molecule has 0 aliphatic rings. The summed E-state index contributed by atoms with van der Waals surface area (Å²) in [5.74, 6) is 0.147. The van der Waals surface area contributed by atoms with E-state index < -0.39 is 17.6 Å². The second-order valence-electron chi connectivity index (χ2n) is 5.37. The Morgan fingerprint density at radius 2 is 2.00 bits per heavy atom. The summed E-state index contributed by atoms with van der Waals surface area (Å²) in [5.41, 5.74) is 0.173. The molecule has 1 aromatic carbocycles. The molecule has 0 saturated carbocycles. The van der Waals surface area contributed by atoms with Crippen LogP contribution in [-0.4, -0.2) is 31.6 Å². The molecule has 0 saturated heterocycles. The van der Waals surface area contributed by atoms with Gasteiger partial charge in [-0.05, 0) is 26.8 Å². The zero-order chi connectivity index (χ0) is 15.2. The Labute approximate surface area is 119 Å². The van der Waals surface area contributed by atoms with Crippen molar-refractivity contribution in [2.75, 3.05) is 13.7 Å². The molecule has 0 radical (unpaired) electrons. The zero-order valence-corrected chi connectivity index (χ0v) is 12.3. The number of hydrogen-bond acceptors (Lipinski definition) is 4. The number of carbonyl (C=O) groups is 2. The normalized spacial score (nSPS) is 12.4. The molecule has 110 valence electrons. The predicted octanol–water partition coefficient (Wildman–Crippen LogP) is 2.50. The van der Waals surface area contributed by atoms with Crippen LogP contribution in [0.4, 0.5) is 4.79 Å². The van der Waals surface area contributed by atoms with Gasteiger partial charge in [0.05, 0.1) is 13.0 Å². The second-order valence-corrected chi connectivity index (χ2v) is 5.37. The third kappa shape index (κ3) is 4.91. The third-order valence-electron chi connectivity index (χ3n) is 2.57. The SMILES string of the molecule is COc1ccccc1C(C=O)CNC(=O)OC(C)(C)C. The summed E-state index contributed by atoms with van der Waals surface area (Å²) < 4.78 is 10.3. The lowest BCUT2D eigenvalue weighted by atomic mass is 9.99. The topological polar surface area (TPSA) is 64.6 Å². The molecule has 5 heteroatoms. The Kier molecular flexibility index (Phi) is 5.55. The molecule has 0 aliphatic carbocycles. The lowest BCUT2D eigenvalue weighted by Gasteiger charge is -2.21. The van der Waals surface area contributed by atoms with Gasteiger partial charge in [0, 0.05) is 12.1 Å². The Balaban J connectivity index is 2.69. The van der Waals surface area contributed by atoms with Crippen LogP contribution in [0.3, 0.4) is 0 Å². The highest BCUT2D eigenvalue weighted by atomic mass is 16.6. The van der Waals surface area contributed by atoms with Gasteiger partial charge in [0.1, 0.15) is 17.6 Å². The number of hydrogen-bond donors (Lipinski definition) is 1. The number of alkyl carbamates (subject to hydrolysis) is 1. The molecule has 0 aliphatic heterocycles. The standard InChI is InChI=1S/C15H21NO4/c1-15(2,3)20-14(18)16-9-11(10-17)12-7-5-6-8-13(12)19-4/h5-8,10-11H,9H2,1-4H3,(H,16,18). The summed E-state index contributed by atoms with van der Waals surface area (Å²) in [6.07, 6.45) is 0.245. The lowest BCUT2D eigenvalue weighted by molar-refractivity contribution is -0.109. The minimum Gasteiger partial charge on any atom is -0.496 e. The zero-order valence-electron chi connectivity index (χ0n) is 12.3. The highest BCUT2D eigenvalue weighted by molar-refractivity contribution is 5.70. The van der Waals surface area contributed by atoms with Crippen molar-refractivity contribution in [2.45, 2.75) is 32.3 Å². The summed E-state index contributed by atoms with van der Waals surface area (Å²) in [6.45, 7) is 5.51. The number of rotatable bonds is 5. The first-order valence-electron chi connectivity index (χ1n) is 6.42. The van der Waals surface area contributed by atoms with Crippen LogP contribution < -0.4 is 10.1 Å². The van der Waals surface area contributed by atoms with Crippen molar-refractivity contribution in [3.63, 3.8) is 0 Å². The van der Waals surface area contributed by atoms with Gasteiger partial charge < -0.3 is 19.6 Å². The maximum absolute atomic E-state index is 11.6. The van der Waals surface area contributed by atoms with E-state index >= 15 is 0 Å². The van der Waals surface area contributed by atoms with Gasteiger partial charge in [-0.2, -0.15) is 0 Å². The summed E-state index contributed by atoms with van der Waals surface area (Å²) in [6, 6.07) is 7.22. The van der Waals surface area contributed by atoms with Crippen LogP contribution in [0.2, 0.25) is 0 Å². The van der Waals surface area contributed by atoms with Crippen molar-refractivity contribution in [1.29, 1.82) is 0 Å². The number of benzene rings is 1. The van der Waals surface area contributed by atoms with Gasteiger partial charge in [-0.3, -0.25) is 0 Å². The Hall–Kier alpha value is -2.04. The molecule has 0 bridgehead atoms. The van der Waals surface area contributed by atoms with E-state index in [0.717, 1.165) is 11.8 Å². The van der Waals surface area contributed by atoms with Crippen LogP contribution in [0.5, 0.6) is 5.75 Å². The smallest absolute Gasteiger partial charge is 0.407 e. The van der Waals surface area contributed by atoms with Gasteiger partial charge in [0.25, 0.3) is 0 Å². The van der Waals surface area contributed by atoms with Crippen LogP contribution in [0, 0.1) is 0 Å². The van der Waals surface area contributed by atoms with E-state index in [0.29, 0.717) is 5.75 Å². The minimum atomic E-state index is -0.564. The summed E-state index contributed by atoms with van der Waals surface area (Å²) >= 11 is 0. The summed E-state index contributed by atoms with van der Waals surface area (Å²) in [7, 11) is 1.54. The monoisotopic (exact) mass is 279 g/mol. The van der Waals surface area contributed by atoms with Crippen LogP contribution >= 0.6 is 0 Å². The van der Waals surface area contributed by atoms with Crippen molar-refractivity contribution >= 4 is 12.4 Å². The average molecular weight is 279 g/mol. The molecule has 5 nitrogen and oxygen atoms in total. The van der Waals surface area contributed by atoms with Crippen LogP contribution in [0.25, 0.3) is 0 Å². The number of aldehydes is 1. The lowest BCUT2D eigenvalue weighted by Crippen LogP contribution is -2.35. The fourth-order valence-corrected chi connectivity index (χ4v) is 1.71. The number of nitrogens with one attached hydrogen (secondary N) is 1. The molecular weight excluding hydrogens is 258 g/mol. The molecule has 1 rings (SSSR count). The molecule has 1 atom stereocenters. The number of para-hydroxylation sites is 1. The summed E-state index contributed by atoms with van der Waals surface area (Å²) in [5, 5.41) is 2.59. The predicted molar refractivity (Wildman–Crippen MR) is 76.0 cm³/mol. The first-order chi connectivity index (χ1) is 9.37. The van der Waals surface area contributed by atoms with Crippen LogP contribution in [0.15, 0.2) is 24.3 Å². The number of ether oxygens (including phenoxy) is 2. The van der Waals surface area contributed by atoms with E-state index in [-0.39, 0.29) is 6.54 Å². The van der Waals surface area contributed by atoms with Gasteiger partial charge >= 0.3 is 6.09 Å². The van der Waals surface area contributed by atoms with E-state index in [9.17, 15) is 9.59 Å². The molecule has 1 aromatic rings. The fraction of sp³-hybridized carbons (Fsp3) is 0.467. The van der Waals surface area contributed by atoms with Gasteiger partial charge in [0.2, 0.25) is 0 Å². The molecule has 0 fully saturated rings. The van der Waals surface area contributed by atoms with Crippen molar-refractivity contribution in [1.82, 2.24) is 5.32 Å². The second kappa shape index (κ2) is 6.93. The van der Waals surface area contributed by atoms with Crippen molar-refractivity contribution in [3.05, 3.63) is 29.8 Å². The fourth-order valence-electron chi connectivity index (χ4n) is 1.71. The first-order valence-corrected chi connectivity index (χ1v) is 6.42. The molecule has 1 unspecified atom stereocenters. The van der Waals surface area contributed by atoms with E-state index in [4.69, 9.17) is 9.47 Å². The Bertz CT molecular complexity index is 465. The van der Waals surface area contributed by atoms with Crippen LogP contribution in [0.1, 0.15) is 32.3 Å². The molecule has 1 N–H and O–H groups in total. The maximum atomic E-state index is 11.6. The molecular formula is C15H21NO4. The highest BCUT2D eigenvalue weighted by Crippen LogP contribution is 2.24. The van der Waals surface area contributed by atoms with Crippen molar-refractivity contribution < 1.29 is 19.1 Å². The average Bonchev–Trinajstić information content (AvgIpc) is 2.38. The van der Waals surface area contributed by atoms with Crippen LogP contribution in [-0.2, 0) is 9.53 Å². The molecule has 1 amide bonds. The number of amides is 1. The number of methoxy groups -OCH3 is 1. The largest absolute Gasteiger partial charge is 0.496 e. The van der Waals surface area contributed by atoms with E-state index in [1.165, 1.54) is 0 Å². The van der Waals surface area contributed by atoms with E-state index in [1.54, 1.807) is 40.0 Å². The summed E-state index contributed by atoms with van der Waals surface area (Å²) in [4.78, 5) is 22.8. The quantitative estimate of drug-likeness (QED) is 0.841. The first kappa shape index (κ1) is 16.0. The van der Waals surface area contributed by atoms with E-state index in [1.807, 2.05) is 12.1 Å². The van der Waals surface area contributed by atoms with Gasteiger partial charge in [-0.25, -0.2) is 4.79 Å². The molecule has 0 aromatic heterocycles. The minimum absolute atomic E-state index is 0.165.